The van der Waals surface area contributed by atoms with Gasteiger partial charge in [0.1, 0.15) is 12.1 Å². The Labute approximate surface area is 143 Å². The van der Waals surface area contributed by atoms with E-state index in [0.29, 0.717) is 0 Å². The second kappa shape index (κ2) is 4.54. The highest BCUT2D eigenvalue weighted by molar-refractivity contribution is 5.85. The zero-order valence-electron chi connectivity index (χ0n) is 13.4. The highest BCUT2D eigenvalue weighted by Crippen LogP contribution is 2.32. The number of hydrogen-bond donors (Lipinski definition) is 0. The van der Waals surface area contributed by atoms with E-state index in [0.717, 1.165) is 40.4 Å². The summed E-state index contributed by atoms with van der Waals surface area (Å²) in [5.74, 6) is 1.14. The Hall–Kier alpha value is -3.47. The van der Waals surface area contributed by atoms with E-state index in [1.165, 1.54) is 5.56 Å². The summed E-state index contributed by atoms with van der Waals surface area (Å²) in [6.45, 7) is 0.863. The number of aromatic nitrogens is 5. The van der Waals surface area contributed by atoms with Crippen LogP contribution in [0.25, 0.3) is 33.9 Å². The SMILES string of the molecule is c1ccc(-n2c3cnccc3n3c4[n+](cc23)Cc2cccnc2-4)cc1. The van der Waals surface area contributed by atoms with Crippen LogP contribution in [-0.2, 0) is 6.54 Å². The average molecular weight is 324 g/mol. The molecule has 5 heterocycles. The van der Waals surface area contributed by atoms with Crippen molar-refractivity contribution in [1.29, 1.82) is 0 Å². The number of imidazole rings is 2. The number of para-hydroxylation sites is 1. The maximum absolute atomic E-state index is 4.65. The standard InChI is InChI=1S/C20H14N5/c1-2-6-15(7-3-1)24-17-11-21-10-8-16(17)25-18(24)13-23-12-14-5-4-9-22-19(14)20(23)25/h1-11,13H,12H2/q+1. The summed E-state index contributed by atoms with van der Waals surface area (Å²) in [5.41, 5.74) is 6.82. The molecule has 6 rings (SSSR count). The van der Waals surface area contributed by atoms with Gasteiger partial charge < -0.3 is 0 Å². The van der Waals surface area contributed by atoms with Gasteiger partial charge in [0.25, 0.3) is 5.65 Å². The highest BCUT2D eigenvalue weighted by Gasteiger charge is 2.34. The van der Waals surface area contributed by atoms with Crippen LogP contribution >= 0.6 is 0 Å². The van der Waals surface area contributed by atoms with Crippen molar-refractivity contribution in [1.82, 2.24) is 18.9 Å². The second-order valence-corrected chi connectivity index (χ2v) is 6.32. The van der Waals surface area contributed by atoms with Crippen LogP contribution in [0.5, 0.6) is 0 Å². The van der Waals surface area contributed by atoms with Gasteiger partial charge in [0, 0.05) is 29.7 Å². The first-order valence-corrected chi connectivity index (χ1v) is 8.31. The molecule has 0 saturated carbocycles. The van der Waals surface area contributed by atoms with Crippen LogP contribution < -0.4 is 4.57 Å². The van der Waals surface area contributed by atoms with Gasteiger partial charge in [-0.15, -0.1) is 0 Å². The Kier molecular flexibility index (Phi) is 2.34. The van der Waals surface area contributed by atoms with Crippen molar-refractivity contribution < 1.29 is 4.57 Å². The summed E-state index contributed by atoms with van der Waals surface area (Å²) in [7, 11) is 0. The Morgan fingerprint density at radius 2 is 1.84 bits per heavy atom. The van der Waals surface area contributed by atoms with Gasteiger partial charge in [-0.1, -0.05) is 24.3 Å². The number of hydrogen-bond acceptors (Lipinski definition) is 2. The van der Waals surface area contributed by atoms with Crippen molar-refractivity contribution in [3.05, 3.63) is 78.9 Å². The van der Waals surface area contributed by atoms with Crippen molar-refractivity contribution in [2.24, 2.45) is 0 Å². The molecule has 0 N–H and O–H groups in total. The van der Waals surface area contributed by atoms with Crippen molar-refractivity contribution in [2.45, 2.75) is 6.54 Å². The van der Waals surface area contributed by atoms with Crippen LogP contribution in [0.3, 0.4) is 0 Å². The Morgan fingerprint density at radius 1 is 0.920 bits per heavy atom. The van der Waals surface area contributed by atoms with Gasteiger partial charge in [-0.05, 0) is 18.2 Å². The first-order valence-electron chi connectivity index (χ1n) is 8.31. The monoisotopic (exact) mass is 324 g/mol. The predicted octanol–water partition coefficient (Wildman–Crippen LogP) is 2.99. The molecule has 0 atom stereocenters. The lowest BCUT2D eigenvalue weighted by atomic mass is 10.2. The molecule has 0 saturated heterocycles. The summed E-state index contributed by atoms with van der Waals surface area (Å²) in [6.07, 6.45) is 7.86. The van der Waals surface area contributed by atoms with E-state index in [1.807, 2.05) is 30.7 Å². The smallest absolute Gasteiger partial charge is 0.268 e. The molecule has 5 nitrogen and oxygen atoms in total. The maximum Gasteiger partial charge on any atom is 0.315 e. The molecule has 0 amide bonds. The summed E-state index contributed by atoms with van der Waals surface area (Å²) in [5, 5.41) is 0. The lowest BCUT2D eigenvalue weighted by Gasteiger charge is -2.02. The molecule has 0 bridgehead atoms. The fourth-order valence-corrected chi connectivity index (χ4v) is 3.92. The van der Waals surface area contributed by atoms with Crippen LogP contribution in [0.1, 0.15) is 5.56 Å². The van der Waals surface area contributed by atoms with Crippen LogP contribution in [0.15, 0.2) is 73.3 Å². The minimum Gasteiger partial charge on any atom is -0.268 e. The molecule has 0 spiro atoms. The van der Waals surface area contributed by atoms with E-state index in [4.69, 9.17) is 0 Å². The van der Waals surface area contributed by atoms with Crippen LogP contribution in [0.4, 0.5) is 0 Å². The largest absolute Gasteiger partial charge is 0.315 e. The normalized spacial score (nSPS) is 12.6. The number of fused-ring (bicyclic) bond motifs is 7. The molecule has 118 valence electrons. The molecule has 5 aromatic rings. The van der Waals surface area contributed by atoms with E-state index in [2.05, 4.69) is 66.1 Å². The number of rotatable bonds is 1. The van der Waals surface area contributed by atoms with Crippen molar-refractivity contribution in [2.75, 3.05) is 0 Å². The molecular weight excluding hydrogens is 310 g/mol. The molecule has 1 aromatic carbocycles. The van der Waals surface area contributed by atoms with Gasteiger partial charge >= 0.3 is 5.82 Å². The summed E-state index contributed by atoms with van der Waals surface area (Å²) in [4.78, 5) is 9.00. The van der Waals surface area contributed by atoms with E-state index < -0.39 is 0 Å². The van der Waals surface area contributed by atoms with Gasteiger partial charge in [0.2, 0.25) is 0 Å². The van der Waals surface area contributed by atoms with Crippen molar-refractivity contribution in [3.63, 3.8) is 0 Å². The summed E-state index contributed by atoms with van der Waals surface area (Å²) in [6, 6.07) is 16.7. The Morgan fingerprint density at radius 3 is 2.76 bits per heavy atom. The minimum atomic E-state index is 0.863. The Bertz CT molecular complexity index is 1260. The quantitative estimate of drug-likeness (QED) is 0.436. The van der Waals surface area contributed by atoms with E-state index in [1.54, 1.807) is 0 Å². The molecule has 4 aromatic heterocycles. The van der Waals surface area contributed by atoms with Crippen molar-refractivity contribution in [3.8, 4) is 17.2 Å². The lowest BCUT2D eigenvalue weighted by molar-refractivity contribution is -0.670. The van der Waals surface area contributed by atoms with Crippen LogP contribution in [-0.4, -0.2) is 18.9 Å². The van der Waals surface area contributed by atoms with E-state index in [-0.39, 0.29) is 0 Å². The van der Waals surface area contributed by atoms with E-state index in [9.17, 15) is 0 Å². The molecule has 0 aliphatic carbocycles. The fraction of sp³-hybridized carbons (Fsp3) is 0.0500. The van der Waals surface area contributed by atoms with Gasteiger partial charge in [-0.3, -0.25) is 9.55 Å². The third-order valence-corrected chi connectivity index (χ3v) is 4.93. The van der Waals surface area contributed by atoms with Crippen LogP contribution in [0.2, 0.25) is 0 Å². The number of benzene rings is 1. The Balaban J connectivity index is 1.81. The average Bonchev–Trinajstić information content (AvgIpc) is 3.28. The predicted molar refractivity (Wildman–Crippen MR) is 94.6 cm³/mol. The number of nitrogens with zero attached hydrogens (tertiary/aromatic N) is 5. The molecule has 1 aliphatic heterocycles. The molecule has 0 radical (unpaired) electrons. The third-order valence-electron chi connectivity index (χ3n) is 4.93. The first kappa shape index (κ1) is 12.9. The molecule has 0 fully saturated rings. The van der Waals surface area contributed by atoms with E-state index >= 15 is 0 Å². The summed E-state index contributed by atoms with van der Waals surface area (Å²) < 4.78 is 6.84. The molecule has 25 heavy (non-hydrogen) atoms. The van der Waals surface area contributed by atoms with Crippen LogP contribution in [0, 0.1) is 0 Å². The topological polar surface area (TPSA) is 39.0 Å². The number of pyridine rings is 2. The zero-order chi connectivity index (χ0) is 16.4. The molecular formula is C20H14N5+. The zero-order valence-corrected chi connectivity index (χ0v) is 13.4. The summed E-state index contributed by atoms with van der Waals surface area (Å²) >= 11 is 0. The minimum absolute atomic E-state index is 0.863. The van der Waals surface area contributed by atoms with Gasteiger partial charge in [0.05, 0.1) is 6.20 Å². The maximum atomic E-state index is 4.65. The van der Waals surface area contributed by atoms with Gasteiger partial charge in [-0.25, -0.2) is 9.55 Å². The lowest BCUT2D eigenvalue weighted by Crippen LogP contribution is -2.29. The molecule has 0 unspecified atom stereocenters. The van der Waals surface area contributed by atoms with Gasteiger partial charge in [0.15, 0.2) is 17.4 Å². The molecule has 5 heteroatoms. The second-order valence-electron chi connectivity index (χ2n) is 6.32. The third kappa shape index (κ3) is 1.59. The van der Waals surface area contributed by atoms with Crippen molar-refractivity contribution >= 4 is 16.7 Å². The fourth-order valence-electron chi connectivity index (χ4n) is 3.92. The highest BCUT2D eigenvalue weighted by atomic mass is 15.2. The molecule has 1 aliphatic rings. The first-order chi connectivity index (χ1) is 12.4. The van der Waals surface area contributed by atoms with Gasteiger partial charge in [-0.2, -0.15) is 4.40 Å².